The molecule has 2 fully saturated rings. The molecular formula is C19H26N4O2. The molecule has 2 unspecified atom stereocenters. The molecule has 1 aromatic carbocycles. The zero-order chi connectivity index (χ0) is 17.4. The minimum atomic E-state index is 0.0715. The number of aromatic nitrogens is 2. The maximum Gasteiger partial charge on any atom is 0.275 e. The van der Waals surface area contributed by atoms with Crippen molar-refractivity contribution in [3.8, 4) is 5.75 Å². The van der Waals surface area contributed by atoms with Gasteiger partial charge >= 0.3 is 0 Å². The van der Waals surface area contributed by atoms with Gasteiger partial charge in [0.2, 0.25) is 0 Å². The highest BCUT2D eigenvalue weighted by molar-refractivity contribution is 6.05. The predicted octanol–water partition coefficient (Wildman–Crippen LogP) is 2.66. The number of hydrogen-bond acceptors (Lipinski definition) is 4. The molecule has 0 aliphatic carbocycles. The van der Waals surface area contributed by atoms with Crippen LogP contribution in [0.2, 0.25) is 0 Å². The van der Waals surface area contributed by atoms with E-state index >= 15 is 0 Å². The summed E-state index contributed by atoms with van der Waals surface area (Å²) in [5.41, 5.74) is 1.39. The van der Waals surface area contributed by atoms with Crippen LogP contribution >= 0.6 is 0 Å². The SMILES string of the molecule is CCCN1CC2CCCC(C1)N2C(=O)c1n[nH]c2cc(OC)ccc12. The van der Waals surface area contributed by atoms with Crippen LogP contribution in [0.3, 0.4) is 0 Å². The monoisotopic (exact) mass is 342 g/mol. The first-order valence-electron chi connectivity index (χ1n) is 9.28. The van der Waals surface area contributed by atoms with Gasteiger partial charge in [-0.25, -0.2) is 0 Å². The van der Waals surface area contributed by atoms with Gasteiger partial charge in [0.15, 0.2) is 5.69 Å². The Morgan fingerprint density at radius 1 is 1.32 bits per heavy atom. The van der Waals surface area contributed by atoms with E-state index in [0.29, 0.717) is 17.8 Å². The van der Waals surface area contributed by atoms with E-state index in [-0.39, 0.29) is 5.91 Å². The number of carbonyl (C=O) groups is 1. The van der Waals surface area contributed by atoms with Crippen LogP contribution in [0.4, 0.5) is 0 Å². The number of aromatic amines is 1. The van der Waals surface area contributed by atoms with E-state index in [1.165, 1.54) is 12.8 Å². The van der Waals surface area contributed by atoms with Gasteiger partial charge in [-0.1, -0.05) is 6.92 Å². The van der Waals surface area contributed by atoms with E-state index in [9.17, 15) is 4.79 Å². The van der Waals surface area contributed by atoms with E-state index in [1.54, 1.807) is 7.11 Å². The number of rotatable bonds is 4. The number of nitrogens with zero attached hydrogens (tertiary/aromatic N) is 3. The van der Waals surface area contributed by atoms with E-state index in [4.69, 9.17) is 4.74 Å². The highest BCUT2D eigenvalue weighted by Gasteiger charge is 2.41. The summed E-state index contributed by atoms with van der Waals surface area (Å²) in [5, 5.41) is 8.21. The Bertz CT molecular complexity index is 758. The molecule has 2 aromatic rings. The van der Waals surface area contributed by atoms with Gasteiger partial charge in [-0.05, 0) is 44.4 Å². The lowest BCUT2D eigenvalue weighted by Gasteiger charge is -2.50. The van der Waals surface area contributed by atoms with Crippen LogP contribution in [0.25, 0.3) is 10.9 Å². The molecule has 25 heavy (non-hydrogen) atoms. The molecule has 6 nitrogen and oxygen atoms in total. The normalized spacial score (nSPS) is 23.8. The smallest absolute Gasteiger partial charge is 0.275 e. The second kappa shape index (κ2) is 6.67. The molecule has 6 heteroatoms. The topological polar surface area (TPSA) is 61.5 Å². The summed E-state index contributed by atoms with van der Waals surface area (Å²) in [6.45, 7) is 5.33. The Morgan fingerprint density at radius 3 is 2.76 bits per heavy atom. The number of ether oxygens (including phenoxy) is 1. The number of nitrogens with one attached hydrogen (secondary N) is 1. The van der Waals surface area contributed by atoms with Crippen LogP contribution in [0.1, 0.15) is 43.1 Å². The van der Waals surface area contributed by atoms with E-state index in [0.717, 1.165) is 49.1 Å². The van der Waals surface area contributed by atoms with Crippen LogP contribution in [0, 0.1) is 0 Å². The lowest BCUT2D eigenvalue weighted by Crippen LogP contribution is -2.62. The van der Waals surface area contributed by atoms with Crippen molar-refractivity contribution in [3.63, 3.8) is 0 Å². The number of piperazine rings is 1. The summed E-state index contributed by atoms with van der Waals surface area (Å²) >= 11 is 0. The first kappa shape index (κ1) is 16.4. The quantitative estimate of drug-likeness (QED) is 0.928. The molecule has 2 saturated heterocycles. The number of piperidine rings is 1. The van der Waals surface area contributed by atoms with E-state index < -0.39 is 0 Å². The molecule has 1 aromatic heterocycles. The predicted molar refractivity (Wildman–Crippen MR) is 97.0 cm³/mol. The number of carbonyl (C=O) groups excluding carboxylic acids is 1. The average Bonchev–Trinajstić information content (AvgIpc) is 3.03. The van der Waals surface area contributed by atoms with Crippen molar-refractivity contribution in [3.05, 3.63) is 23.9 Å². The zero-order valence-corrected chi connectivity index (χ0v) is 15.0. The lowest BCUT2D eigenvalue weighted by molar-refractivity contribution is -0.00129. The molecule has 3 heterocycles. The van der Waals surface area contributed by atoms with E-state index in [1.807, 2.05) is 18.2 Å². The van der Waals surface area contributed by atoms with E-state index in [2.05, 4.69) is 26.9 Å². The Kier molecular flexibility index (Phi) is 4.37. The third-order valence-electron chi connectivity index (χ3n) is 5.55. The molecule has 2 aliphatic rings. The van der Waals surface area contributed by atoms with Gasteiger partial charge in [0, 0.05) is 36.6 Å². The number of amides is 1. The molecule has 1 amide bonds. The van der Waals surface area contributed by atoms with Crippen LogP contribution in [0.15, 0.2) is 18.2 Å². The van der Waals surface area contributed by atoms with Crippen molar-refractivity contribution in [1.82, 2.24) is 20.0 Å². The fraction of sp³-hybridized carbons (Fsp3) is 0.579. The van der Waals surface area contributed by atoms with Crippen molar-refractivity contribution in [1.29, 1.82) is 0 Å². The maximum absolute atomic E-state index is 13.3. The van der Waals surface area contributed by atoms with Gasteiger partial charge < -0.3 is 9.64 Å². The van der Waals surface area contributed by atoms with Crippen molar-refractivity contribution in [2.75, 3.05) is 26.7 Å². The number of H-pyrrole nitrogens is 1. The summed E-state index contributed by atoms with van der Waals surface area (Å²) in [6, 6.07) is 6.33. The molecular weight excluding hydrogens is 316 g/mol. The Hall–Kier alpha value is -2.08. The van der Waals surface area contributed by atoms with Crippen molar-refractivity contribution in [2.45, 2.75) is 44.7 Å². The Labute approximate surface area is 148 Å². The third-order valence-corrected chi connectivity index (χ3v) is 5.55. The lowest BCUT2D eigenvalue weighted by atomic mass is 9.90. The third kappa shape index (κ3) is 2.88. The van der Waals surface area contributed by atoms with Crippen molar-refractivity contribution < 1.29 is 9.53 Å². The Balaban J connectivity index is 1.62. The fourth-order valence-electron chi connectivity index (χ4n) is 4.44. The summed E-state index contributed by atoms with van der Waals surface area (Å²) in [7, 11) is 1.64. The molecule has 134 valence electrons. The summed E-state index contributed by atoms with van der Waals surface area (Å²) in [6.07, 6.45) is 4.58. The summed E-state index contributed by atoms with van der Waals surface area (Å²) in [4.78, 5) is 17.9. The largest absolute Gasteiger partial charge is 0.497 e. The molecule has 0 radical (unpaired) electrons. The number of likely N-dealkylation sites (tertiary alicyclic amines) is 1. The number of benzene rings is 1. The van der Waals surface area contributed by atoms with Crippen LogP contribution in [-0.4, -0.2) is 64.7 Å². The molecule has 1 N–H and O–H groups in total. The molecule has 0 saturated carbocycles. The second-order valence-corrected chi connectivity index (χ2v) is 7.19. The second-order valence-electron chi connectivity index (χ2n) is 7.19. The van der Waals surface area contributed by atoms with Gasteiger partial charge in [-0.3, -0.25) is 14.8 Å². The zero-order valence-electron chi connectivity index (χ0n) is 15.0. The average molecular weight is 342 g/mol. The standard InChI is InChI=1S/C19H26N4O2/c1-3-9-22-11-13-5-4-6-14(12-22)23(13)19(24)18-16-8-7-15(25-2)10-17(16)20-21-18/h7-8,10,13-14H,3-6,9,11-12H2,1-2H3,(H,20,21). The minimum absolute atomic E-state index is 0.0715. The number of hydrogen-bond donors (Lipinski definition) is 1. The van der Waals surface area contributed by atoms with Gasteiger partial charge in [0.05, 0.1) is 12.6 Å². The van der Waals surface area contributed by atoms with Crippen LogP contribution < -0.4 is 4.74 Å². The fourth-order valence-corrected chi connectivity index (χ4v) is 4.44. The van der Waals surface area contributed by atoms with Gasteiger partial charge in [-0.2, -0.15) is 5.10 Å². The summed E-state index contributed by atoms with van der Waals surface area (Å²) in [5.74, 6) is 0.836. The van der Waals surface area contributed by atoms with Crippen LogP contribution in [0.5, 0.6) is 5.75 Å². The number of fused-ring (bicyclic) bond motifs is 3. The molecule has 0 spiro atoms. The summed E-state index contributed by atoms with van der Waals surface area (Å²) < 4.78 is 5.26. The van der Waals surface area contributed by atoms with Crippen molar-refractivity contribution in [2.24, 2.45) is 0 Å². The maximum atomic E-state index is 13.3. The van der Waals surface area contributed by atoms with Gasteiger partial charge in [-0.15, -0.1) is 0 Å². The molecule has 2 atom stereocenters. The Morgan fingerprint density at radius 2 is 2.08 bits per heavy atom. The van der Waals surface area contributed by atoms with Gasteiger partial charge in [0.1, 0.15) is 5.75 Å². The highest BCUT2D eigenvalue weighted by atomic mass is 16.5. The molecule has 2 aliphatic heterocycles. The molecule has 2 bridgehead atoms. The van der Waals surface area contributed by atoms with Crippen LogP contribution in [-0.2, 0) is 0 Å². The number of methoxy groups -OCH3 is 1. The highest BCUT2D eigenvalue weighted by Crippen LogP contribution is 2.31. The first-order valence-corrected chi connectivity index (χ1v) is 9.28. The molecule has 4 rings (SSSR count). The minimum Gasteiger partial charge on any atom is -0.497 e. The van der Waals surface area contributed by atoms with Gasteiger partial charge in [0.25, 0.3) is 5.91 Å². The van der Waals surface area contributed by atoms with Crippen molar-refractivity contribution >= 4 is 16.8 Å². The first-order chi connectivity index (χ1) is 12.2.